The molecule has 1 atom stereocenters. The molecule has 0 spiro atoms. The standard InChI is InChI=1S/C19H17N3O5/c1-12(10-13-8-9-20-18(11-13)21-19(23)24)27-17-7-6-16(22(25)26)14-4-2-3-5-15(14)17/h2-9,11-12H,10H2,1H3,(H,20,21)(H,23,24). The van der Waals surface area contributed by atoms with E-state index in [1.54, 1.807) is 42.5 Å². The van der Waals surface area contributed by atoms with Gasteiger partial charge in [0.2, 0.25) is 0 Å². The van der Waals surface area contributed by atoms with Gasteiger partial charge in [0.15, 0.2) is 0 Å². The summed E-state index contributed by atoms with van der Waals surface area (Å²) in [6, 6.07) is 13.5. The van der Waals surface area contributed by atoms with Crippen LogP contribution in [0.2, 0.25) is 0 Å². The van der Waals surface area contributed by atoms with E-state index in [0.29, 0.717) is 22.9 Å². The third kappa shape index (κ3) is 4.30. The first kappa shape index (κ1) is 18.1. The van der Waals surface area contributed by atoms with Crippen LogP contribution >= 0.6 is 0 Å². The lowest BCUT2D eigenvalue weighted by molar-refractivity contribution is -0.383. The number of nitro benzene ring substituents is 1. The smallest absolute Gasteiger partial charge is 0.410 e. The number of nitrogens with zero attached hydrogens (tertiary/aromatic N) is 2. The zero-order valence-corrected chi connectivity index (χ0v) is 14.5. The number of amides is 1. The first-order valence-corrected chi connectivity index (χ1v) is 8.21. The summed E-state index contributed by atoms with van der Waals surface area (Å²) in [6.45, 7) is 1.88. The van der Waals surface area contributed by atoms with Gasteiger partial charge in [-0.25, -0.2) is 9.78 Å². The van der Waals surface area contributed by atoms with E-state index < -0.39 is 11.0 Å². The molecule has 3 rings (SSSR count). The predicted octanol–water partition coefficient (Wildman–Crippen LogP) is 4.24. The number of anilines is 1. The Labute approximate surface area is 154 Å². The summed E-state index contributed by atoms with van der Waals surface area (Å²) < 4.78 is 6.01. The molecular formula is C19H17N3O5. The number of non-ortho nitro benzene ring substituents is 1. The molecular weight excluding hydrogens is 350 g/mol. The van der Waals surface area contributed by atoms with E-state index in [0.717, 1.165) is 5.56 Å². The fraction of sp³-hybridized carbons (Fsp3) is 0.158. The topological polar surface area (TPSA) is 115 Å². The normalized spacial score (nSPS) is 11.7. The molecule has 0 aliphatic carbocycles. The summed E-state index contributed by atoms with van der Waals surface area (Å²) in [6.07, 6.45) is 0.618. The lowest BCUT2D eigenvalue weighted by Gasteiger charge is -2.17. The first-order chi connectivity index (χ1) is 12.9. The van der Waals surface area contributed by atoms with Gasteiger partial charge < -0.3 is 9.84 Å². The molecule has 0 saturated heterocycles. The van der Waals surface area contributed by atoms with E-state index in [2.05, 4.69) is 10.3 Å². The Balaban J connectivity index is 1.81. The monoisotopic (exact) mass is 367 g/mol. The Morgan fingerprint density at radius 1 is 1.26 bits per heavy atom. The summed E-state index contributed by atoms with van der Waals surface area (Å²) >= 11 is 0. The molecule has 1 amide bonds. The van der Waals surface area contributed by atoms with Crippen LogP contribution in [0.15, 0.2) is 54.7 Å². The fourth-order valence-electron chi connectivity index (χ4n) is 2.89. The van der Waals surface area contributed by atoms with Crippen molar-refractivity contribution in [3.05, 3.63) is 70.4 Å². The van der Waals surface area contributed by atoms with Gasteiger partial charge in [0.25, 0.3) is 5.69 Å². The number of nitro groups is 1. The van der Waals surface area contributed by atoms with Gasteiger partial charge in [-0.15, -0.1) is 0 Å². The van der Waals surface area contributed by atoms with Gasteiger partial charge in [0.1, 0.15) is 11.6 Å². The number of carboxylic acid groups (broad SMARTS) is 1. The Morgan fingerprint density at radius 2 is 2.00 bits per heavy atom. The van der Waals surface area contributed by atoms with E-state index in [-0.39, 0.29) is 17.6 Å². The largest absolute Gasteiger partial charge is 0.490 e. The van der Waals surface area contributed by atoms with Gasteiger partial charge in [0.05, 0.1) is 16.4 Å². The predicted molar refractivity (Wildman–Crippen MR) is 100 cm³/mol. The molecule has 3 aromatic rings. The highest BCUT2D eigenvalue weighted by atomic mass is 16.6. The van der Waals surface area contributed by atoms with E-state index in [1.807, 2.05) is 6.92 Å². The number of carbonyl (C=O) groups is 1. The lowest BCUT2D eigenvalue weighted by Crippen LogP contribution is -2.16. The highest BCUT2D eigenvalue weighted by Crippen LogP contribution is 2.33. The molecule has 1 unspecified atom stereocenters. The highest BCUT2D eigenvalue weighted by molar-refractivity contribution is 5.95. The van der Waals surface area contributed by atoms with Crippen LogP contribution in [0, 0.1) is 10.1 Å². The zero-order chi connectivity index (χ0) is 19.4. The SMILES string of the molecule is CC(Cc1ccnc(NC(=O)O)c1)Oc1ccc([N+](=O)[O-])c2ccccc12. The molecule has 27 heavy (non-hydrogen) atoms. The maximum atomic E-state index is 11.2. The molecule has 0 radical (unpaired) electrons. The van der Waals surface area contributed by atoms with Gasteiger partial charge >= 0.3 is 6.09 Å². The lowest BCUT2D eigenvalue weighted by atomic mass is 10.1. The van der Waals surface area contributed by atoms with Gasteiger partial charge in [-0.2, -0.15) is 0 Å². The van der Waals surface area contributed by atoms with E-state index >= 15 is 0 Å². The maximum absolute atomic E-state index is 11.2. The summed E-state index contributed by atoms with van der Waals surface area (Å²) in [7, 11) is 0. The second-order valence-corrected chi connectivity index (χ2v) is 6.00. The van der Waals surface area contributed by atoms with Crippen LogP contribution in [-0.4, -0.2) is 27.2 Å². The average Bonchev–Trinajstić information content (AvgIpc) is 2.61. The molecule has 2 aromatic carbocycles. The van der Waals surface area contributed by atoms with Crippen LogP contribution in [-0.2, 0) is 6.42 Å². The molecule has 0 saturated carbocycles. The van der Waals surface area contributed by atoms with Crippen LogP contribution in [0.1, 0.15) is 12.5 Å². The molecule has 2 N–H and O–H groups in total. The molecule has 1 heterocycles. The van der Waals surface area contributed by atoms with Crippen molar-refractivity contribution in [1.82, 2.24) is 4.98 Å². The quantitative estimate of drug-likeness (QED) is 0.497. The Kier molecular flexibility index (Phi) is 5.16. The first-order valence-electron chi connectivity index (χ1n) is 8.21. The van der Waals surface area contributed by atoms with Crippen molar-refractivity contribution in [2.24, 2.45) is 0 Å². The van der Waals surface area contributed by atoms with Crippen LogP contribution < -0.4 is 10.1 Å². The second-order valence-electron chi connectivity index (χ2n) is 6.00. The number of hydrogen-bond donors (Lipinski definition) is 2. The van der Waals surface area contributed by atoms with Crippen molar-refractivity contribution in [2.45, 2.75) is 19.4 Å². The van der Waals surface area contributed by atoms with Crippen molar-refractivity contribution in [3.63, 3.8) is 0 Å². The van der Waals surface area contributed by atoms with Crippen molar-refractivity contribution >= 4 is 28.4 Å². The number of pyridine rings is 1. The minimum Gasteiger partial charge on any atom is -0.490 e. The van der Waals surface area contributed by atoms with Crippen LogP contribution in [0.4, 0.5) is 16.3 Å². The number of benzene rings is 2. The Morgan fingerprint density at radius 3 is 2.70 bits per heavy atom. The third-order valence-electron chi connectivity index (χ3n) is 3.97. The maximum Gasteiger partial charge on any atom is 0.410 e. The molecule has 0 aliphatic rings. The molecule has 0 bridgehead atoms. The fourth-order valence-corrected chi connectivity index (χ4v) is 2.89. The summed E-state index contributed by atoms with van der Waals surface area (Å²) in [4.78, 5) is 25.5. The summed E-state index contributed by atoms with van der Waals surface area (Å²) in [5.74, 6) is 0.801. The third-order valence-corrected chi connectivity index (χ3v) is 3.97. The molecule has 138 valence electrons. The summed E-state index contributed by atoms with van der Waals surface area (Å²) in [5, 5.41) is 23.4. The van der Waals surface area contributed by atoms with Gasteiger partial charge in [0, 0.05) is 24.1 Å². The van der Waals surface area contributed by atoms with Gasteiger partial charge in [-0.3, -0.25) is 15.4 Å². The Hall–Kier alpha value is -3.68. The number of ether oxygens (including phenoxy) is 1. The second kappa shape index (κ2) is 7.69. The minimum atomic E-state index is -1.18. The molecule has 0 fully saturated rings. The highest BCUT2D eigenvalue weighted by Gasteiger charge is 2.16. The minimum absolute atomic E-state index is 0.0316. The van der Waals surface area contributed by atoms with Gasteiger partial charge in [-0.1, -0.05) is 18.2 Å². The number of hydrogen-bond acceptors (Lipinski definition) is 5. The van der Waals surface area contributed by atoms with Crippen LogP contribution in [0.3, 0.4) is 0 Å². The van der Waals surface area contributed by atoms with E-state index in [4.69, 9.17) is 9.84 Å². The molecule has 0 aliphatic heterocycles. The van der Waals surface area contributed by atoms with Crippen molar-refractivity contribution in [1.29, 1.82) is 0 Å². The van der Waals surface area contributed by atoms with Crippen LogP contribution in [0.25, 0.3) is 10.8 Å². The number of nitrogens with one attached hydrogen (secondary N) is 1. The number of fused-ring (bicyclic) bond motifs is 1. The van der Waals surface area contributed by atoms with Crippen molar-refractivity contribution in [3.8, 4) is 5.75 Å². The number of rotatable bonds is 6. The van der Waals surface area contributed by atoms with Gasteiger partial charge in [-0.05, 0) is 36.8 Å². The van der Waals surface area contributed by atoms with E-state index in [1.165, 1.54) is 12.3 Å². The molecule has 1 aromatic heterocycles. The number of aromatic nitrogens is 1. The van der Waals surface area contributed by atoms with Crippen molar-refractivity contribution in [2.75, 3.05) is 5.32 Å². The van der Waals surface area contributed by atoms with Crippen molar-refractivity contribution < 1.29 is 19.6 Å². The summed E-state index contributed by atoms with van der Waals surface area (Å²) in [5.41, 5.74) is 0.886. The van der Waals surface area contributed by atoms with E-state index in [9.17, 15) is 14.9 Å². The van der Waals surface area contributed by atoms with Crippen LogP contribution in [0.5, 0.6) is 5.75 Å². The Bertz CT molecular complexity index is 1010. The average molecular weight is 367 g/mol. The zero-order valence-electron chi connectivity index (χ0n) is 14.5. The molecule has 8 heteroatoms. The molecule has 8 nitrogen and oxygen atoms in total.